The number of nitrogens with one attached hydrogen (secondary N) is 1. The Bertz CT molecular complexity index is 1390. The molecule has 1 aliphatic rings. The number of ether oxygens (including phenoxy) is 2. The second-order valence-electron chi connectivity index (χ2n) is 10.0. The number of amides is 1. The van der Waals surface area contributed by atoms with Crippen LogP contribution in [0.1, 0.15) is 60.0 Å². The Morgan fingerprint density at radius 3 is 2.50 bits per heavy atom. The molecule has 232 valence electrons. The predicted molar refractivity (Wildman–Crippen MR) is 149 cm³/mol. The van der Waals surface area contributed by atoms with Gasteiger partial charge in [0.2, 0.25) is 5.43 Å². The third-order valence-electron chi connectivity index (χ3n) is 7.13. The molecule has 0 bridgehead atoms. The second-order valence-corrected chi connectivity index (χ2v) is 12.2. The Balaban J connectivity index is 1.85. The summed E-state index contributed by atoms with van der Waals surface area (Å²) in [6.07, 6.45) is 1.00. The monoisotopic (exact) mass is 614 g/mol. The first kappa shape index (κ1) is 33.5. The molecule has 2 aromatic rings. The van der Waals surface area contributed by atoms with Crippen LogP contribution in [0.3, 0.4) is 0 Å². The molecule has 1 aromatic heterocycles. The molecule has 0 saturated heterocycles. The van der Waals surface area contributed by atoms with Crippen LogP contribution < -0.4 is 10.7 Å². The number of carbonyl (C=O) groups is 2. The molecule has 11 nitrogen and oxygen atoms in total. The third-order valence-corrected chi connectivity index (χ3v) is 9.30. The molecule has 42 heavy (non-hydrogen) atoms. The standard InChI is InChI=1S/C28H37F2N2O9P/c1-5-40-42(37,41-6-2)13-7-11-39-22-17-32-16-20(27(36)31-15-18-8-9-19(29)14-21(18)30)24(33)25(34)23(32)26(35)28(22,3)10-12-38-4/h8-9,14,16,22,34H,5-7,10-13,15,17H2,1-4H3,(H,31,36). The van der Waals surface area contributed by atoms with Crippen molar-refractivity contribution in [1.82, 2.24) is 9.88 Å². The number of hydrogen-bond donors (Lipinski definition) is 2. The van der Waals surface area contributed by atoms with Gasteiger partial charge in [-0.2, -0.15) is 0 Å². The van der Waals surface area contributed by atoms with Crippen LogP contribution in [0.4, 0.5) is 8.78 Å². The number of nitrogens with zero attached hydrogens (tertiary/aromatic N) is 1. The molecule has 14 heteroatoms. The smallest absolute Gasteiger partial charge is 0.330 e. The van der Waals surface area contributed by atoms with Crippen LogP contribution in [0.15, 0.2) is 29.2 Å². The van der Waals surface area contributed by atoms with Crippen molar-refractivity contribution >= 4 is 19.3 Å². The van der Waals surface area contributed by atoms with Crippen molar-refractivity contribution < 1.29 is 46.6 Å². The molecule has 2 atom stereocenters. The maximum absolute atomic E-state index is 14.0. The van der Waals surface area contributed by atoms with Gasteiger partial charge in [-0.15, -0.1) is 0 Å². The fraction of sp³-hybridized carbons (Fsp3) is 0.536. The molecule has 2 unspecified atom stereocenters. The fourth-order valence-corrected chi connectivity index (χ4v) is 6.43. The van der Waals surface area contributed by atoms with Crippen molar-refractivity contribution in [2.45, 2.75) is 52.8 Å². The van der Waals surface area contributed by atoms with Crippen molar-refractivity contribution in [2.24, 2.45) is 5.41 Å². The van der Waals surface area contributed by atoms with E-state index in [1.807, 2.05) is 0 Å². The summed E-state index contributed by atoms with van der Waals surface area (Å²) in [5.41, 5.74) is -3.02. The summed E-state index contributed by atoms with van der Waals surface area (Å²) in [7, 11) is -1.82. The molecular weight excluding hydrogens is 577 g/mol. The lowest BCUT2D eigenvalue weighted by Gasteiger charge is -2.41. The Hall–Kier alpha value is -2.96. The highest BCUT2D eigenvalue weighted by Crippen LogP contribution is 2.48. The van der Waals surface area contributed by atoms with Crippen molar-refractivity contribution in [1.29, 1.82) is 0 Å². The number of aromatic nitrogens is 1. The number of methoxy groups -OCH3 is 1. The zero-order valence-corrected chi connectivity index (χ0v) is 25.0. The minimum atomic E-state index is -3.30. The van der Waals surface area contributed by atoms with Crippen LogP contribution in [0.2, 0.25) is 0 Å². The third kappa shape index (κ3) is 7.51. The first-order valence-electron chi connectivity index (χ1n) is 13.6. The predicted octanol–water partition coefficient (Wildman–Crippen LogP) is 4.04. The number of pyridine rings is 1. The highest BCUT2D eigenvalue weighted by Gasteiger charge is 2.48. The molecule has 0 aliphatic carbocycles. The zero-order chi connectivity index (χ0) is 31.1. The summed E-state index contributed by atoms with van der Waals surface area (Å²) in [6, 6.07) is 2.86. The van der Waals surface area contributed by atoms with Crippen molar-refractivity contribution in [3.8, 4) is 5.75 Å². The van der Waals surface area contributed by atoms with E-state index in [-0.39, 0.29) is 63.4 Å². The number of aromatic hydroxyl groups is 1. The van der Waals surface area contributed by atoms with Gasteiger partial charge < -0.3 is 33.5 Å². The van der Waals surface area contributed by atoms with E-state index in [0.717, 1.165) is 18.3 Å². The lowest BCUT2D eigenvalue weighted by molar-refractivity contribution is -0.0487. The quantitative estimate of drug-likeness (QED) is 0.225. The van der Waals surface area contributed by atoms with Gasteiger partial charge >= 0.3 is 7.60 Å². The van der Waals surface area contributed by atoms with Gasteiger partial charge in [-0.05, 0) is 39.7 Å². The van der Waals surface area contributed by atoms with E-state index < -0.39 is 59.2 Å². The van der Waals surface area contributed by atoms with E-state index in [0.29, 0.717) is 12.5 Å². The van der Waals surface area contributed by atoms with Crippen LogP contribution in [0, 0.1) is 17.0 Å². The average molecular weight is 615 g/mol. The highest BCUT2D eigenvalue weighted by atomic mass is 31.2. The molecule has 1 aliphatic heterocycles. The van der Waals surface area contributed by atoms with Gasteiger partial charge in [-0.1, -0.05) is 6.07 Å². The molecule has 3 rings (SSSR count). The topological polar surface area (TPSA) is 142 Å². The lowest BCUT2D eigenvalue weighted by atomic mass is 9.73. The van der Waals surface area contributed by atoms with E-state index in [1.54, 1.807) is 20.8 Å². The van der Waals surface area contributed by atoms with Gasteiger partial charge in [0.1, 0.15) is 22.9 Å². The zero-order valence-electron chi connectivity index (χ0n) is 24.1. The Kier molecular flexibility index (Phi) is 11.6. The van der Waals surface area contributed by atoms with E-state index >= 15 is 0 Å². The van der Waals surface area contributed by atoms with Crippen LogP contribution in [0.25, 0.3) is 0 Å². The highest BCUT2D eigenvalue weighted by molar-refractivity contribution is 7.53. The van der Waals surface area contributed by atoms with E-state index in [9.17, 15) is 32.8 Å². The first-order chi connectivity index (χ1) is 19.9. The van der Waals surface area contributed by atoms with Gasteiger partial charge in [0, 0.05) is 44.7 Å². The number of halogens is 2. The maximum atomic E-state index is 14.0. The first-order valence-corrected chi connectivity index (χ1v) is 15.4. The molecule has 0 fully saturated rings. The minimum Gasteiger partial charge on any atom is -0.503 e. The molecule has 1 amide bonds. The van der Waals surface area contributed by atoms with Crippen LogP contribution in [0.5, 0.6) is 5.75 Å². The molecule has 0 spiro atoms. The number of fused-ring (bicyclic) bond motifs is 1. The van der Waals surface area contributed by atoms with Crippen LogP contribution in [-0.4, -0.2) is 67.2 Å². The number of Topliss-reactive ketones (excluding diaryl/α,β-unsaturated/α-hetero) is 1. The molecule has 0 radical (unpaired) electrons. The number of benzene rings is 1. The fourth-order valence-electron chi connectivity index (χ4n) is 4.80. The summed E-state index contributed by atoms with van der Waals surface area (Å²) in [6.45, 7) is 5.45. The average Bonchev–Trinajstić information content (AvgIpc) is 2.94. The normalized spacial score (nSPS) is 18.6. The summed E-state index contributed by atoms with van der Waals surface area (Å²) >= 11 is 0. The van der Waals surface area contributed by atoms with E-state index in [1.165, 1.54) is 11.7 Å². The Morgan fingerprint density at radius 2 is 1.88 bits per heavy atom. The van der Waals surface area contributed by atoms with Gasteiger partial charge in [0.05, 0.1) is 37.4 Å². The second kappa shape index (κ2) is 14.5. The van der Waals surface area contributed by atoms with Crippen LogP contribution >= 0.6 is 7.60 Å². The molecule has 2 N–H and O–H groups in total. The SMILES string of the molecule is CCOP(=O)(CCCOC1Cn2cc(C(=O)NCc3ccc(F)cc3F)c(=O)c(O)c2C(=O)C1(C)CCOC)OCC. The molecular formula is C28H37F2N2O9P. The summed E-state index contributed by atoms with van der Waals surface area (Å²) in [4.78, 5) is 39.6. The summed E-state index contributed by atoms with van der Waals surface area (Å²) in [5, 5.41) is 13.2. The molecule has 1 aromatic carbocycles. The van der Waals surface area contributed by atoms with Crippen LogP contribution in [-0.2, 0) is 36.2 Å². The van der Waals surface area contributed by atoms with Gasteiger partial charge in [-0.3, -0.25) is 18.9 Å². The molecule has 0 saturated carbocycles. The number of carbonyl (C=O) groups excluding carboxylic acids is 2. The largest absolute Gasteiger partial charge is 0.503 e. The van der Waals surface area contributed by atoms with Crippen molar-refractivity contribution in [3.05, 3.63) is 63.1 Å². The minimum absolute atomic E-state index is 0.00339. The van der Waals surface area contributed by atoms with Crippen molar-refractivity contribution in [2.75, 3.05) is 39.7 Å². The van der Waals surface area contributed by atoms with E-state index in [2.05, 4.69) is 5.32 Å². The molecule has 2 heterocycles. The number of rotatable bonds is 15. The Labute approximate surface area is 242 Å². The van der Waals surface area contributed by atoms with Gasteiger partial charge in [0.15, 0.2) is 11.5 Å². The summed E-state index contributed by atoms with van der Waals surface area (Å²) < 4.78 is 63.2. The Morgan fingerprint density at radius 1 is 1.19 bits per heavy atom. The number of hydrogen-bond acceptors (Lipinski definition) is 9. The van der Waals surface area contributed by atoms with Gasteiger partial charge in [0.25, 0.3) is 5.91 Å². The van der Waals surface area contributed by atoms with Gasteiger partial charge in [-0.25, -0.2) is 8.78 Å². The maximum Gasteiger partial charge on any atom is 0.330 e. The lowest BCUT2D eigenvalue weighted by Crippen LogP contribution is -2.51. The number of ketones is 1. The van der Waals surface area contributed by atoms with Crippen molar-refractivity contribution in [3.63, 3.8) is 0 Å². The summed E-state index contributed by atoms with van der Waals surface area (Å²) in [5.74, 6) is -4.04. The van der Waals surface area contributed by atoms with E-state index in [4.69, 9.17) is 18.5 Å².